The molecule has 1 atom stereocenters. The molecule has 0 unspecified atom stereocenters. The highest BCUT2D eigenvalue weighted by atomic mass is 16.2. The van der Waals surface area contributed by atoms with E-state index >= 15 is 0 Å². The Morgan fingerprint density at radius 2 is 1.95 bits per heavy atom. The second-order valence-corrected chi connectivity index (χ2v) is 5.01. The van der Waals surface area contributed by atoms with Gasteiger partial charge in [0.05, 0.1) is 0 Å². The summed E-state index contributed by atoms with van der Waals surface area (Å²) in [5.74, 6) is 0.594. The van der Waals surface area contributed by atoms with E-state index in [4.69, 9.17) is 5.73 Å². The van der Waals surface area contributed by atoms with Crippen molar-refractivity contribution in [1.82, 2.24) is 10.6 Å². The minimum absolute atomic E-state index is 0.0474. The van der Waals surface area contributed by atoms with Crippen LogP contribution in [0.15, 0.2) is 24.3 Å². The monoisotopic (exact) mass is 261 g/mol. The molecule has 5 nitrogen and oxygen atoms in total. The number of benzene rings is 1. The average molecular weight is 261 g/mol. The van der Waals surface area contributed by atoms with E-state index in [1.807, 2.05) is 19.1 Å². The van der Waals surface area contributed by atoms with Crippen molar-refractivity contribution in [2.75, 3.05) is 0 Å². The van der Waals surface area contributed by atoms with Gasteiger partial charge in [-0.05, 0) is 43.4 Å². The van der Waals surface area contributed by atoms with E-state index < -0.39 is 6.03 Å². The van der Waals surface area contributed by atoms with Gasteiger partial charge in [-0.3, -0.25) is 4.79 Å². The molecule has 2 rings (SSSR count). The summed E-state index contributed by atoms with van der Waals surface area (Å²) in [4.78, 5) is 22.5. The van der Waals surface area contributed by atoms with Crippen molar-refractivity contribution in [3.05, 3.63) is 35.4 Å². The highest BCUT2D eigenvalue weighted by molar-refractivity contribution is 5.94. The Hall–Kier alpha value is -2.04. The van der Waals surface area contributed by atoms with Crippen LogP contribution in [-0.4, -0.2) is 18.0 Å². The van der Waals surface area contributed by atoms with Gasteiger partial charge < -0.3 is 16.4 Å². The molecule has 0 heterocycles. The number of urea groups is 1. The van der Waals surface area contributed by atoms with Gasteiger partial charge in [0.1, 0.15) is 0 Å². The van der Waals surface area contributed by atoms with Crippen molar-refractivity contribution in [1.29, 1.82) is 0 Å². The van der Waals surface area contributed by atoms with Crippen LogP contribution in [0.2, 0.25) is 0 Å². The zero-order valence-electron chi connectivity index (χ0n) is 11.0. The number of nitrogens with two attached hydrogens (primary N) is 1. The standard InChI is InChI=1S/C14H19N3O2/c1-9(11-6-7-11)17-13(18)12-4-2-10(3-5-12)8-16-14(15)19/h2-5,9,11H,6-8H2,1H3,(H,17,18)(H3,15,16,19)/t9-/m0/s1. The quantitative estimate of drug-likeness (QED) is 0.748. The Kier molecular flexibility index (Phi) is 4.04. The SMILES string of the molecule is C[C@H](NC(=O)c1ccc(CNC(N)=O)cc1)C1CC1. The van der Waals surface area contributed by atoms with Gasteiger partial charge >= 0.3 is 6.03 Å². The summed E-state index contributed by atoms with van der Waals surface area (Å²) >= 11 is 0. The number of hydrogen-bond donors (Lipinski definition) is 3. The minimum atomic E-state index is -0.555. The van der Waals surface area contributed by atoms with Crippen molar-refractivity contribution in [2.24, 2.45) is 11.7 Å². The highest BCUT2D eigenvalue weighted by Crippen LogP contribution is 2.32. The van der Waals surface area contributed by atoms with Crippen molar-refractivity contribution in [2.45, 2.75) is 32.4 Å². The number of rotatable bonds is 5. The van der Waals surface area contributed by atoms with Crippen LogP contribution in [0.3, 0.4) is 0 Å². The Balaban J connectivity index is 1.89. The summed E-state index contributed by atoms with van der Waals surface area (Å²) in [5, 5.41) is 5.50. The molecule has 1 saturated carbocycles. The highest BCUT2D eigenvalue weighted by Gasteiger charge is 2.28. The molecule has 1 aromatic carbocycles. The molecule has 0 aliphatic heterocycles. The summed E-state index contributed by atoms with van der Waals surface area (Å²) < 4.78 is 0. The Bertz CT molecular complexity index is 466. The van der Waals surface area contributed by atoms with Gasteiger partial charge in [-0.25, -0.2) is 4.79 Å². The number of carbonyl (C=O) groups excluding carboxylic acids is 2. The Morgan fingerprint density at radius 3 is 2.47 bits per heavy atom. The lowest BCUT2D eigenvalue weighted by Gasteiger charge is -2.13. The van der Waals surface area contributed by atoms with E-state index in [9.17, 15) is 9.59 Å². The summed E-state index contributed by atoms with van der Waals surface area (Å²) in [6, 6.07) is 6.82. The maximum absolute atomic E-state index is 12.0. The fourth-order valence-electron chi connectivity index (χ4n) is 1.97. The molecule has 0 saturated heterocycles. The summed E-state index contributed by atoms with van der Waals surface area (Å²) in [6.07, 6.45) is 2.42. The van der Waals surface area contributed by atoms with Gasteiger partial charge in [0, 0.05) is 18.2 Å². The van der Waals surface area contributed by atoms with Gasteiger partial charge in [-0.2, -0.15) is 0 Å². The second-order valence-electron chi connectivity index (χ2n) is 5.01. The van der Waals surface area contributed by atoms with E-state index in [1.54, 1.807) is 12.1 Å². The molecule has 4 N–H and O–H groups in total. The third-order valence-electron chi connectivity index (χ3n) is 3.37. The molecule has 3 amide bonds. The average Bonchev–Trinajstić information content (AvgIpc) is 3.21. The smallest absolute Gasteiger partial charge is 0.312 e. The molecule has 0 bridgehead atoms. The summed E-state index contributed by atoms with van der Waals surface area (Å²) in [7, 11) is 0. The molecule has 1 aliphatic rings. The lowest BCUT2D eigenvalue weighted by molar-refractivity contribution is 0.0936. The maximum atomic E-state index is 12.0. The number of amides is 3. The lowest BCUT2D eigenvalue weighted by Crippen LogP contribution is -2.34. The first kappa shape index (κ1) is 13.4. The summed E-state index contributed by atoms with van der Waals surface area (Å²) in [6.45, 7) is 2.41. The van der Waals surface area contributed by atoms with Crippen LogP contribution in [-0.2, 0) is 6.54 Å². The maximum Gasteiger partial charge on any atom is 0.312 e. The fraction of sp³-hybridized carbons (Fsp3) is 0.429. The van der Waals surface area contributed by atoms with Gasteiger partial charge in [0.2, 0.25) is 0 Å². The van der Waals surface area contributed by atoms with E-state index in [1.165, 1.54) is 12.8 Å². The number of hydrogen-bond acceptors (Lipinski definition) is 2. The largest absolute Gasteiger partial charge is 0.352 e. The summed E-state index contributed by atoms with van der Waals surface area (Å²) in [5.41, 5.74) is 6.54. The third-order valence-corrected chi connectivity index (χ3v) is 3.37. The molecule has 0 spiro atoms. The van der Waals surface area contributed by atoms with Crippen LogP contribution >= 0.6 is 0 Å². The lowest BCUT2D eigenvalue weighted by atomic mass is 10.1. The van der Waals surface area contributed by atoms with E-state index in [0.717, 1.165) is 5.56 Å². The molecular weight excluding hydrogens is 242 g/mol. The van der Waals surface area contributed by atoms with Crippen LogP contribution in [0.25, 0.3) is 0 Å². The normalized spacial score (nSPS) is 15.6. The van der Waals surface area contributed by atoms with E-state index in [2.05, 4.69) is 10.6 Å². The zero-order chi connectivity index (χ0) is 13.8. The molecule has 1 aromatic rings. The molecule has 19 heavy (non-hydrogen) atoms. The number of carbonyl (C=O) groups is 2. The van der Waals surface area contributed by atoms with E-state index in [-0.39, 0.29) is 11.9 Å². The molecule has 0 radical (unpaired) electrons. The molecule has 5 heteroatoms. The molecule has 102 valence electrons. The van der Waals surface area contributed by atoms with Crippen LogP contribution < -0.4 is 16.4 Å². The Labute approximate surface area is 112 Å². The number of primary amides is 1. The predicted molar refractivity (Wildman–Crippen MR) is 72.5 cm³/mol. The second kappa shape index (κ2) is 5.73. The van der Waals surface area contributed by atoms with Gasteiger partial charge in [0.25, 0.3) is 5.91 Å². The fourth-order valence-corrected chi connectivity index (χ4v) is 1.97. The first-order chi connectivity index (χ1) is 9.06. The van der Waals surface area contributed by atoms with E-state index in [0.29, 0.717) is 18.0 Å². The van der Waals surface area contributed by atoms with Crippen LogP contribution in [0.1, 0.15) is 35.7 Å². The first-order valence-electron chi connectivity index (χ1n) is 6.49. The predicted octanol–water partition coefficient (Wildman–Crippen LogP) is 1.38. The number of nitrogens with one attached hydrogen (secondary N) is 2. The topological polar surface area (TPSA) is 84.2 Å². The van der Waals surface area contributed by atoms with Gasteiger partial charge in [-0.1, -0.05) is 12.1 Å². The van der Waals surface area contributed by atoms with Crippen molar-refractivity contribution in [3.8, 4) is 0 Å². The minimum Gasteiger partial charge on any atom is -0.352 e. The zero-order valence-corrected chi connectivity index (χ0v) is 11.0. The van der Waals surface area contributed by atoms with Crippen molar-refractivity contribution < 1.29 is 9.59 Å². The first-order valence-corrected chi connectivity index (χ1v) is 6.49. The Morgan fingerprint density at radius 1 is 1.32 bits per heavy atom. The molecular formula is C14H19N3O2. The van der Waals surface area contributed by atoms with Crippen molar-refractivity contribution >= 4 is 11.9 Å². The third kappa shape index (κ3) is 3.98. The van der Waals surface area contributed by atoms with Crippen LogP contribution in [0.5, 0.6) is 0 Å². The van der Waals surface area contributed by atoms with Gasteiger partial charge in [0.15, 0.2) is 0 Å². The van der Waals surface area contributed by atoms with Crippen LogP contribution in [0, 0.1) is 5.92 Å². The molecule has 1 fully saturated rings. The van der Waals surface area contributed by atoms with Gasteiger partial charge in [-0.15, -0.1) is 0 Å². The van der Waals surface area contributed by atoms with Crippen molar-refractivity contribution in [3.63, 3.8) is 0 Å². The molecule has 1 aliphatic carbocycles. The van der Waals surface area contributed by atoms with Crippen LogP contribution in [0.4, 0.5) is 4.79 Å². The molecule has 0 aromatic heterocycles.